The third-order valence-electron chi connectivity index (χ3n) is 6.23. The molecule has 1 aliphatic carbocycles. The molecular weight excluding hydrogens is 473 g/mol. The van der Waals surface area contributed by atoms with Crippen molar-refractivity contribution in [1.82, 2.24) is 24.4 Å². The maximum absolute atomic E-state index is 12.8. The van der Waals surface area contributed by atoms with E-state index in [0.717, 1.165) is 24.9 Å². The van der Waals surface area contributed by atoms with Crippen LogP contribution in [0.2, 0.25) is 10.0 Å². The molecule has 0 unspecified atom stereocenters. The van der Waals surface area contributed by atoms with Gasteiger partial charge in [-0.1, -0.05) is 35.3 Å². The van der Waals surface area contributed by atoms with E-state index in [2.05, 4.69) is 51.4 Å². The Morgan fingerprint density at radius 2 is 1.88 bits per heavy atom. The molecule has 0 fully saturated rings. The van der Waals surface area contributed by atoms with Crippen molar-refractivity contribution in [2.24, 2.45) is 0 Å². The molecule has 1 atom stereocenters. The van der Waals surface area contributed by atoms with E-state index >= 15 is 0 Å². The van der Waals surface area contributed by atoms with Crippen LogP contribution in [0.5, 0.6) is 0 Å². The maximum Gasteiger partial charge on any atom is 0.355 e. The summed E-state index contributed by atoms with van der Waals surface area (Å²) < 4.78 is 1.17. The first-order valence-corrected chi connectivity index (χ1v) is 11.6. The Morgan fingerprint density at radius 3 is 2.62 bits per heavy atom. The largest absolute Gasteiger partial charge is 0.384 e. The van der Waals surface area contributed by atoms with Gasteiger partial charge in [-0.05, 0) is 68.8 Å². The highest BCUT2D eigenvalue weighted by Gasteiger charge is 2.21. The summed E-state index contributed by atoms with van der Waals surface area (Å²) in [6.45, 7) is 0. The van der Waals surface area contributed by atoms with Crippen molar-refractivity contribution in [2.75, 3.05) is 25.1 Å². The van der Waals surface area contributed by atoms with E-state index in [-0.39, 0.29) is 27.2 Å². The zero-order chi connectivity index (χ0) is 24.0. The minimum atomic E-state index is -0.631. The third kappa shape index (κ3) is 4.09. The molecule has 0 amide bonds. The second-order valence-corrected chi connectivity index (χ2v) is 9.40. The molecule has 0 aliphatic heterocycles. The van der Waals surface area contributed by atoms with Crippen LogP contribution in [0.4, 0.5) is 17.5 Å². The van der Waals surface area contributed by atoms with Gasteiger partial charge in [0.25, 0.3) is 0 Å². The summed E-state index contributed by atoms with van der Waals surface area (Å²) in [6, 6.07) is 11.8. The number of nitrogen functional groups attached to an aromatic ring is 1. The number of para-hydroxylation sites is 1. The highest BCUT2D eigenvalue weighted by atomic mass is 35.5. The van der Waals surface area contributed by atoms with Gasteiger partial charge in [-0.25, -0.2) is 14.3 Å². The summed E-state index contributed by atoms with van der Waals surface area (Å²) in [5.74, 6) is 0.437. The lowest BCUT2D eigenvalue weighted by Gasteiger charge is -2.30. The van der Waals surface area contributed by atoms with Gasteiger partial charge in [0.2, 0.25) is 5.95 Å². The fraction of sp³-hybridized carbons (Fsp3) is 0.250. The molecule has 4 aromatic rings. The molecule has 174 valence electrons. The molecule has 0 radical (unpaired) electrons. The van der Waals surface area contributed by atoms with Crippen molar-refractivity contribution >= 4 is 51.7 Å². The number of hydrogen-bond acceptors (Lipinski definition) is 7. The van der Waals surface area contributed by atoms with Crippen molar-refractivity contribution in [3.05, 3.63) is 74.3 Å². The van der Waals surface area contributed by atoms with Gasteiger partial charge < -0.3 is 16.0 Å². The van der Waals surface area contributed by atoms with Crippen LogP contribution in [0, 0.1) is 0 Å². The fourth-order valence-corrected chi connectivity index (χ4v) is 4.93. The van der Waals surface area contributed by atoms with Crippen molar-refractivity contribution in [3.63, 3.8) is 0 Å². The molecule has 0 saturated heterocycles. The van der Waals surface area contributed by atoms with Crippen LogP contribution in [-0.2, 0) is 12.8 Å². The number of likely N-dealkylation sites (N-methyl/N-ethyl adjacent to an activating group) is 1. The SMILES string of the molecule is CN(C)[C@H]1CCc2ccc(Nc3ncc4c(N)n(-c5c(Cl)cccc5Cl)c(=O)nc4n3)cc2C1. The van der Waals surface area contributed by atoms with E-state index in [1.165, 1.54) is 21.9 Å². The monoisotopic (exact) mass is 495 g/mol. The van der Waals surface area contributed by atoms with Crippen molar-refractivity contribution in [3.8, 4) is 5.69 Å². The van der Waals surface area contributed by atoms with Gasteiger partial charge in [-0.15, -0.1) is 0 Å². The summed E-state index contributed by atoms with van der Waals surface area (Å²) in [5, 5.41) is 4.21. The highest BCUT2D eigenvalue weighted by molar-refractivity contribution is 6.37. The van der Waals surface area contributed by atoms with Gasteiger partial charge >= 0.3 is 5.69 Å². The number of rotatable bonds is 4. The molecule has 0 bridgehead atoms. The van der Waals surface area contributed by atoms with Crippen LogP contribution < -0.4 is 16.7 Å². The van der Waals surface area contributed by atoms with Crippen LogP contribution in [-0.4, -0.2) is 44.6 Å². The Hall–Kier alpha value is -3.20. The van der Waals surface area contributed by atoms with Gasteiger partial charge in [0, 0.05) is 17.9 Å². The molecule has 3 N–H and O–H groups in total. The molecular formula is C24H23Cl2N7O. The Kier molecular flexibility index (Phi) is 5.89. The van der Waals surface area contributed by atoms with Crippen LogP contribution in [0.15, 0.2) is 47.4 Å². The van der Waals surface area contributed by atoms with Crippen LogP contribution in [0.25, 0.3) is 16.7 Å². The normalized spacial score (nSPS) is 15.5. The number of fused-ring (bicyclic) bond motifs is 2. The Labute approximate surface area is 206 Å². The number of halogens is 2. The zero-order valence-corrected chi connectivity index (χ0v) is 20.2. The molecule has 8 nitrogen and oxygen atoms in total. The number of anilines is 3. The quantitative estimate of drug-likeness (QED) is 0.436. The van der Waals surface area contributed by atoms with Gasteiger partial charge in [-0.3, -0.25) is 0 Å². The maximum atomic E-state index is 12.8. The van der Waals surface area contributed by atoms with Crippen molar-refractivity contribution < 1.29 is 0 Å². The predicted octanol–water partition coefficient (Wildman–Crippen LogP) is 4.23. The van der Waals surface area contributed by atoms with Crippen LogP contribution in [0.3, 0.4) is 0 Å². The minimum absolute atomic E-state index is 0.111. The molecule has 0 saturated carbocycles. The molecule has 2 aromatic heterocycles. The average molecular weight is 496 g/mol. The summed E-state index contributed by atoms with van der Waals surface area (Å²) in [6.07, 6.45) is 4.76. The van der Waals surface area contributed by atoms with Crippen LogP contribution in [0.1, 0.15) is 17.5 Å². The van der Waals surface area contributed by atoms with Crippen LogP contribution >= 0.6 is 23.2 Å². The van der Waals surface area contributed by atoms with Gasteiger partial charge in [0.05, 0.1) is 21.1 Å². The standard InChI is InChI=1S/C24H23Cl2N7O/c1-32(2)16-9-7-13-6-8-15(10-14(13)11-16)29-23-28-12-17-21(27)33(24(34)31-22(17)30-23)20-18(25)4-3-5-19(20)26/h3-6,8,10,12,16H,7,9,11,27H2,1-2H3,(H,29,30,31,34)/t16-/m0/s1. The second-order valence-electron chi connectivity index (χ2n) is 8.58. The molecule has 2 aromatic carbocycles. The Balaban J connectivity index is 1.49. The van der Waals surface area contributed by atoms with Gasteiger partial charge in [0.15, 0.2) is 5.65 Å². The number of hydrogen-bond donors (Lipinski definition) is 2. The second kappa shape index (κ2) is 8.87. The number of nitrogens with one attached hydrogen (secondary N) is 1. The summed E-state index contributed by atoms with van der Waals surface area (Å²) in [5.41, 5.74) is 9.70. The highest BCUT2D eigenvalue weighted by Crippen LogP contribution is 2.31. The summed E-state index contributed by atoms with van der Waals surface area (Å²) in [4.78, 5) is 28.0. The van der Waals surface area contributed by atoms with E-state index in [4.69, 9.17) is 28.9 Å². The number of benzene rings is 2. The first-order chi connectivity index (χ1) is 16.3. The fourth-order valence-electron chi connectivity index (χ4n) is 4.37. The number of nitrogens with zero attached hydrogens (tertiary/aromatic N) is 5. The Bertz CT molecular complexity index is 1450. The predicted molar refractivity (Wildman–Crippen MR) is 137 cm³/mol. The smallest absolute Gasteiger partial charge is 0.355 e. The van der Waals surface area contributed by atoms with E-state index in [1.807, 2.05) is 6.07 Å². The first-order valence-electron chi connectivity index (χ1n) is 10.9. The van der Waals surface area contributed by atoms with Crippen molar-refractivity contribution in [2.45, 2.75) is 25.3 Å². The molecule has 0 spiro atoms. The summed E-state index contributed by atoms with van der Waals surface area (Å²) in [7, 11) is 4.24. The molecule has 2 heterocycles. The van der Waals surface area contributed by atoms with Gasteiger partial charge in [0.1, 0.15) is 5.82 Å². The number of aromatic nitrogens is 4. The lowest BCUT2D eigenvalue weighted by atomic mass is 9.87. The zero-order valence-electron chi connectivity index (χ0n) is 18.7. The lowest BCUT2D eigenvalue weighted by molar-refractivity contribution is 0.268. The van der Waals surface area contributed by atoms with E-state index in [9.17, 15) is 4.79 Å². The number of nitrogens with two attached hydrogens (primary N) is 1. The number of aryl methyl sites for hydroxylation is 1. The van der Waals surface area contributed by atoms with Crippen molar-refractivity contribution in [1.29, 1.82) is 0 Å². The summed E-state index contributed by atoms with van der Waals surface area (Å²) >= 11 is 12.6. The first kappa shape index (κ1) is 22.6. The minimum Gasteiger partial charge on any atom is -0.384 e. The van der Waals surface area contributed by atoms with E-state index < -0.39 is 5.69 Å². The van der Waals surface area contributed by atoms with Gasteiger partial charge in [-0.2, -0.15) is 9.97 Å². The van der Waals surface area contributed by atoms with E-state index in [1.54, 1.807) is 18.2 Å². The molecule has 10 heteroatoms. The molecule has 5 rings (SSSR count). The topological polar surface area (TPSA) is 102 Å². The lowest BCUT2D eigenvalue weighted by Crippen LogP contribution is -2.33. The molecule has 1 aliphatic rings. The molecule has 34 heavy (non-hydrogen) atoms. The Morgan fingerprint density at radius 1 is 1.12 bits per heavy atom. The van der Waals surface area contributed by atoms with E-state index in [0.29, 0.717) is 17.4 Å². The third-order valence-corrected chi connectivity index (χ3v) is 6.84. The average Bonchev–Trinajstić information content (AvgIpc) is 2.80.